The van der Waals surface area contributed by atoms with Crippen LogP contribution in [0, 0.1) is 6.92 Å². The van der Waals surface area contributed by atoms with E-state index in [0.29, 0.717) is 28.1 Å². The molecule has 1 aromatic heterocycles. The van der Waals surface area contributed by atoms with Gasteiger partial charge in [0.15, 0.2) is 0 Å². The van der Waals surface area contributed by atoms with Crippen LogP contribution in [0.3, 0.4) is 0 Å². The molecule has 1 aromatic carbocycles. The number of benzene rings is 1. The largest absolute Gasteiger partial charge is 0.377 e. The van der Waals surface area contributed by atoms with Gasteiger partial charge in [0.05, 0.1) is 24.3 Å². The van der Waals surface area contributed by atoms with Crippen molar-refractivity contribution in [1.82, 2.24) is 0 Å². The molecule has 2 heterocycles. The number of thiophene rings is 1. The van der Waals surface area contributed by atoms with Crippen LogP contribution in [0.2, 0.25) is 10.0 Å². The molecule has 0 unspecified atom stereocenters. The molecule has 2 aromatic rings. The van der Waals surface area contributed by atoms with E-state index in [1.165, 1.54) is 11.3 Å². The number of hydrogen-bond acceptors (Lipinski definition) is 4. The molecule has 128 valence electrons. The van der Waals surface area contributed by atoms with Crippen LogP contribution in [0.4, 0.5) is 5.00 Å². The summed E-state index contributed by atoms with van der Waals surface area (Å²) in [6.45, 7) is 6.23. The maximum absolute atomic E-state index is 12.0. The summed E-state index contributed by atoms with van der Waals surface area (Å²) in [5, 5.41) is 2.10. The van der Waals surface area contributed by atoms with Crippen molar-refractivity contribution in [2.75, 3.05) is 24.7 Å². The van der Waals surface area contributed by atoms with E-state index in [2.05, 4.69) is 11.8 Å². The highest BCUT2D eigenvalue weighted by atomic mass is 35.5. The number of nitrogens with two attached hydrogens (primary N) is 1. The quantitative estimate of drug-likeness (QED) is 0.855. The van der Waals surface area contributed by atoms with Crippen molar-refractivity contribution in [1.29, 1.82) is 0 Å². The Hall–Kier alpha value is -1.27. The summed E-state index contributed by atoms with van der Waals surface area (Å²) in [4.78, 5) is 14.8. The Morgan fingerprint density at radius 2 is 2.17 bits per heavy atom. The molecule has 0 aliphatic carbocycles. The number of hydrogen-bond donors (Lipinski definition) is 1. The van der Waals surface area contributed by atoms with Crippen molar-refractivity contribution in [3.8, 4) is 11.1 Å². The van der Waals surface area contributed by atoms with Crippen LogP contribution >= 0.6 is 34.5 Å². The second-order valence-corrected chi connectivity index (χ2v) is 7.68. The van der Waals surface area contributed by atoms with Crippen molar-refractivity contribution in [3.63, 3.8) is 0 Å². The topological polar surface area (TPSA) is 55.6 Å². The number of carbonyl (C=O) groups excluding carboxylic acids is 1. The third kappa shape index (κ3) is 3.14. The van der Waals surface area contributed by atoms with Crippen molar-refractivity contribution in [2.24, 2.45) is 5.73 Å². The molecule has 1 amide bonds. The van der Waals surface area contributed by atoms with Crippen molar-refractivity contribution in [2.45, 2.75) is 19.9 Å². The van der Waals surface area contributed by atoms with Crippen molar-refractivity contribution >= 4 is 45.4 Å². The van der Waals surface area contributed by atoms with Gasteiger partial charge in [0.1, 0.15) is 4.88 Å². The standard InChI is InChI=1S/C17H18Cl2N2O2S/c1-9-8-23-6-5-21(9)17-10(2)14(15(24-17)16(20)22)12-4-3-11(18)7-13(12)19/h3-4,7,9H,5-6,8H2,1-2H3,(H2,20,22)/t9-/m0/s1. The summed E-state index contributed by atoms with van der Waals surface area (Å²) in [6.07, 6.45) is 0. The molecule has 1 saturated heterocycles. The predicted octanol–water partition coefficient (Wildman–Crippen LogP) is 4.35. The monoisotopic (exact) mass is 384 g/mol. The number of halogens is 2. The third-order valence-corrected chi connectivity index (χ3v) is 6.07. The molecule has 24 heavy (non-hydrogen) atoms. The van der Waals surface area contributed by atoms with E-state index in [1.807, 2.05) is 13.0 Å². The van der Waals surface area contributed by atoms with Gasteiger partial charge in [-0.05, 0) is 31.5 Å². The van der Waals surface area contributed by atoms with Crippen LogP contribution in [-0.4, -0.2) is 31.7 Å². The fourth-order valence-corrected chi connectivity index (χ4v) is 4.80. The molecule has 0 bridgehead atoms. The van der Waals surface area contributed by atoms with E-state index < -0.39 is 5.91 Å². The summed E-state index contributed by atoms with van der Waals surface area (Å²) in [5.41, 5.74) is 8.21. The zero-order chi connectivity index (χ0) is 17.4. The first-order chi connectivity index (χ1) is 11.4. The molecule has 7 heteroatoms. The Morgan fingerprint density at radius 1 is 1.42 bits per heavy atom. The normalized spacial score (nSPS) is 18.0. The highest BCUT2D eigenvalue weighted by Gasteiger charge is 2.28. The Morgan fingerprint density at radius 3 is 2.79 bits per heavy atom. The Labute approximate surface area is 155 Å². The number of anilines is 1. The summed E-state index contributed by atoms with van der Waals surface area (Å²) < 4.78 is 5.51. The first-order valence-electron chi connectivity index (χ1n) is 7.63. The van der Waals surface area contributed by atoms with Crippen LogP contribution in [0.15, 0.2) is 18.2 Å². The van der Waals surface area contributed by atoms with Gasteiger partial charge in [-0.15, -0.1) is 11.3 Å². The average molecular weight is 385 g/mol. The fourth-order valence-electron chi connectivity index (χ4n) is 2.99. The number of morpholine rings is 1. The van der Waals surface area contributed by atoms with Crippen molar-refractivity contribution < 1.29 is 9.53 Å². The predicted molar refractivity (Wildman–Crippen MR) is 101 cm³/mol. The minimum absolute atomic E-state index is 0.241. The zero-order valence-electron chi connectivity index (χ0n) is 13.4. The minimum atomic E-state index is -0.448. The van der Waals surface area contributed by atoms with Gasteiger partial charge >= 0.3 is 0 Å². The lowest BCUT2D eigenvalue weighted by molar-refractivity contribution is 0.0992. The van der Waals surface area contributed by atoms with E-state index in [1.54, 1.807) is 12.1 Å². The second kappa shape index (κ2) is 6.92. The first kappa shape index (κ1) is 17.5. The lowest BCUT2D eigenvalue weighted by Gasteiger charge is -2.34. The number of amides is 1. The maximum Gasteiger partial charge on any atom is 0.259 e. The van der Waals surface area contributed by atoms with E-state index in [-0.39, 0.29) is 6.04 Å². The van der Waals surface area contributed by atoms with Gasteiger partial charge in [0, 0.05) is 27.7 Å². The Bertz CT molecular complexity index is 791. The van der Waals surface area contributed by atoms with E-state index >= 15 is 0 Å². The minimum Gasteiger partial charge on any atom is -0.377 e. The molecule has 3 rings (SSSR count). The van der Waals surface area contributed by atoms with Gasteiger partial charge in [-0.25, -0.2) is 0 Å². The fraction of sp³-hybridized carbons (Fsp3) is 0.353. The molecule has 0 radical (unpaired) electrons. The number of ether oxygens (including phenoxy) is 1. The smallest absolute Gasteiger partial charge is 0.259 e. The molecule has 4 nitrogen and oxygen atoms in total. The summed E-state index contributed by atoms with van der Waals surface area (Å²) in [6, 6.07) is 5.52. The van der Waals surface area contributed by atoms with Crippen LogP contribution in [0.5, 0.6) is 0 Å². The number of carbonyl (C=O) groups is 1. The van der Waals surface area contributed by atoms with Gasteiger partial charge in [-0.1, -0.05) is 29.3 Å². The molecule has 0 spiro atoms. The lowest BCUT2D eigenvalue weighted by Crippen LogP contribution is -2.43. The zero-order valence-corrected chi connectivity index (χ0v) is 15.8. The molecule has 1 aliphatic rings. The maximum atomic E-state index is 12.0. The summed E-state index contributed by atoms with van der Waals surface area (Å²) in [5.74, 6) is -0.448. The Balaban J connectivity index is 2.16. The Kier molecular flexibility index (Phi) is 5.06. The molecule has 1 aliphatic heterocycles. The highest BCUT2D eigenvalue weighted by molar-refractivity contribution is 7.18. The van der Waals surface area contributed by atoms with E-state index in [4.69, 9.17) is 33.7 Å². The molecule has 1 fully saturated rings. The molecular formula is C17H18Cl2N2O2S. The molecule has 0 saturated carbocycles. The lowest BCUT2D eigenvalue weighted by atomic mass is 10.0. The molecule has 2 N–H and O–H groups in total. The number of primary amides is 1. The first-order valence-corrected chi connectivity index (χ1v) is 9.20. The van der Waals surface area contributed by atoms with Gasteiger partial charge in [0.25, 0.3) is 5.91 Å². The second-order valence-electron chi connectivity index (χ2n) is 5.84. The molecular weight excluding hydrogens is 367 g/mol. The van der Waals surface area contributed by atoms with E-state index in [0.717, 1.165) is 28.2 Å². The average Bonchev–Trinajstić information content (AvgIpc) is 2.86. The van der Waals surface area contributed by atoms with Crippen LogP contribution in [-0.2, 0) is 4.74 Å². The van der Waals surface area contributed by atoms with Crippen LogP contribution < -0.4 is 10.6 Å². The van der Waals surface area contributed by atoms with Gasteiger partial charge in [0.2, 0.25) is 0 Å². The van der Waals surface area contributed by atoms with Crippen LogP contribution in [0.1, 0.15) is 22.2 Å². The molecule has 1 atom stereocenters. The van der Waals surface area contributed by atoms with Crippen molar-refractivity contribution in [3.05, 3.63) is 38.7 Å². The SMILES string of the molecule is Cc1c(N2CCOC[C@@H]2C)sc(C(N)=O)c1-c1ccc(Cl)cc1Cl. The highest BCUT2D eigenvalue weighted by Crippen LogP contribution is 2.44. The van der Waals surface area contributed by atoms with Gasteiger partial charge in [-0.3, -0.25) is 4.79 Å². The summed E-state index contributed by atoms with van der Waals surface area (Å²) >= 11 is 13.8. The number of nitrogens with zero attached hydrogens (tertiary/aromatic N) is 1. The summed E-state index contributed by atoms with van der Waals surface area (Å²) in [7, 11) is 0. The third-order valence-electron chi connectivity index (χ3n) is 4.17. The van der Waals surface area contributed by atoms with Gasteiger partial charge in [-0.2, -0.15) is 0 Å². The van der Waals surface area contributed by atoms with Crippen LogP contribution in [0.25, 0.3) is 11.1 Å². The van der Waals surface area contributed by atoms with E-state index in [9.17, 15) is 4.79 Å². The van der Waals surface area contributed by atoms with Gasteiger partial charge < -0.3 is 15.4 Å². The number of rotatable bonds is 3.